The summed E-state index contributed by atoms with van der Waals surface area (Å²) in [5, 5.41) is 2.48. The maximum absolute atomic E-state index is 13.3. The number of alkyl halides is 1. The molecular weight excluding hydrogens is 540 g/mol. The number of amides is 1. The SMILES string of the molecule is CC(C)(C)OC(=O)C(C[C@H](NC(=O)Oc1ccccc1)C(=O)OC(C)(C)C)N(CCCl)CCOS(C)(=O)=O. The van der Waals surface area contributed by atoms with Crippen molar-refractivity contribution in [1.82, 2.24) is 10.2 Å². The summed E-state index contributed by atoms with van der Waals surface area (Å²) >= 11 is 5.97. The van der Waals surface area contributed by atoms with E-state index in [1.165, 1.54) is 4.90 Å². The summed E-state index contributed by atoms with van der Waals surface area (Å²) in [4.78, 5) is 40.6. The van der Waals surface area contributed by atoms with Crippen LogP contribution < -0.4 is 10.1 Å². The van der Waals surface area contributed by atoms with Gasteiger partial charge >= 0.3 is 18.0 Å². The summed E-state index contributed by atoms with van der Waals surface area (Å²) in [7, 11) is -3.74. The van der Waals surface area contributed by atoms with Gasteiger partial charge in [0, 0.05) is 25.4 Å². The van der Waals surface area contributed by atoms with E-state index in [2.05, 4.69) is 5.32 Å². The van der Waals surface area contributed by atoms with Crippen molar-refractivity contribution < 1.29 is 41.2 Å². The molecular formula is C25H39ClN2O9S. The van der Waals surface area contributed by atoms with Crippen LogP contribution in [0.4, 0.5) is 4.79 Å². The average Bonchev–Trinajstić information content (AvgIpc) is 2.73. The molecule has 216 valence electrons. The topological polar surface area (TPSA) is 138 Å². The molecule has 0 aliphatic heterocycles. The molecule has 38 heavy (non-hydrogen) atoms. The van der Waals surface area contributed by atoms with Crippen LogP contribution in [0.2, 0.25) is 0 Å². The van der Waals surface area contributed by atoms with E-state index in [-0.39, 0.29) is 37.7 Å². The van der Waals surface area contributed by atoms with Crippen LogP contribution in [-0.4, -0.2) is 86.5 Å². The van der Waals surface area contributed by atoms with Gasteiger partial charge in [0.1, 0.15) is 29.0 Å². The van der Waals surface area contributed by atoms with Crippen LogP contribution in [0.15, 0.2) is 30.3 Å². The van der Waals surface area contributed by atoms with Crippen LogP contribution in [-0.2, 0) is 33.4 Å². The standard InChI is InChI=1S/C25H39ClN2O9S/c1-24(2,3)36-21(29)19(27-23(31)35-18-11-9-8-10-12-18)17-20(22(30)37-25(4,5)6)28(14-13-26)15-16-34-38(7,32)33/h8-12,19-20H,13-17H2,1-7H3,(H,27,31)/t19-,20?/m0/s1. The largest absolute Gasteiger partial charge is 0.459 e. The van der Waals surface area contributed by atoms with Gasteiger partial charge in [-0.3, -0.25) is 13.9 Å². The number of nitrogens with zero attached hydrogens (tertiary/aromatic N) is 1. The molecule has 0 aliphatic carbocycles. The molecule has 2 atom stereocenters. The number of rotatable bonds is 13. The number of carbonyl (C=O) groups excluding carboxylic acids is 3. The summed E-state index contributed by atoms with van der Waals surface area (Å²) in [6.45, 7) is 9.88. The Morgan fingerprint density at radius 1 is 0.947 bits per heavy atom. The van der Waals surface area contributed by atoms with Gasteiger partial charge in [0.05, 0.1) is 12.9 Å². The summed E-state index contributed by atoms with van der Waals surface area (Å²) in [6, 6.07) is 5.79. The number of carbonyl (C=O) groups is 3. The molecule has 0 fully saturated rings. The molecule has 0 bridgehead atoms. The Labute approximate surface area is 230 Å². The molecule has 11 nitrogen and oxygen atoms in total. The van der Waals surface area contributed by atoms with Crippen LogP contribution >= 0.6 is 11.6 Å². The summed E-state index contributed by atoms with van der Waals surface area (Å²) in [6.07, 6.45) is -0.298. The van der Waals surface area contributed by atoms with Gasteiger partial charge in [-0.1, -0.05) is 18.2 Å². The van der Waals surface area contributed by atoms with E-state index in [0.29, 0.717) is 0 Å². The van der Waals surface area contributed by atoms with Crippen molar-refractivity contribution in [2.24, 2.45) is 0 Å². The highest BCUT2D eigenvalue weighted by Crippen LogP contribution is 2.19. The second-order valence-corrected chi connectivity index (χ2v) is 12.5. The first-order valence-electron chi connectivity index (χ1n) is 12.0. The molecule has 0 aromatic heterocycles. The Hall–Kier alpha value is -2.41. The fraction of sp³-hybridized carbons (Fsp3) is 0.640. The van der Waals surface area contributed by atoms with Crippen molar-refractivity contribution in [1.29, 1.82) is 0 Å². The lowest BCUT2D eigenvalue weighted by molar-refractivity contribution is -0.164. The fourth-order valence-corrected chi connectivity index (χ4v) is 3.77. The zero-order chi connectivity index (χ0) is 29.1. The van der Waals surface area contributed by atoms with Crippen LogP contribution in [0.5, 0.6) is 5.75 Å². The highest BCUT2D eigenvalue weighted by Gasteiger charge is 2.37. The predicted molar refractivity (Wildman–Crippen MR) is 143 cm³/mol. The smallest absolute Gasteiger partial charge is 0.413 e. The van der Waals surface area contributed by atoms with Crippen molar-refractivity contribution in [2.45, 2.75) is 71.2 Å². The lowest BCUT2D eigenvalue weighted by atomic mass is 10.0. The van der Waals surface area contributed by atoms with Crippen LogP contribution in [0, 0.1) is 0 Å². The van der Waals surface area contributed by atoms with Crippen LogP contribution in [0.3, 0.4) is 0 Å². The van der Waals surface area contributed by atoms with E-state index >= 15 is 0 Å². The molecule has 0 saturated heterocycles. The molecule has 0 aliphatic rings. The van der Waals surface area contributed by atoms with Crippen molar-refractivity contribution in [2.75, 3.05) is 31.8 Å². The van der Waals surface area contributed by atoms with Gasteiger partial charge in [-0.2, -0.15) is 8.42 Å². The van der Waals surface area contributed by atoms with Crippen molar-refractivity contribution >= 4 is 39.8 Å². The molecule has 1 rings (SSSR count). The quantitative estimate of drug-likeness (QED) is 0.211. The highest BCUT2D eigenvalue weighted by molar-refractivity contribution is 7.85. The molecule has 0 spiro atoms. The molecule has 1 N–H and O–H groups in total. The number of esters is 2. The molecule has 0 heterocycles. The zero-order valence-corrected chi connectivity index (χ0v) is 24.6. The molecule has 13 heteroatoms. The number of ether oxygens (including phenoxy) is 3. The maximum atomic E-state index is 13.3. The van der Waals surface area contributed by atoms with Gasteiger partial charge in [0.15, 0.2) is 0 Å². The van der Waals surface area contributed by atoms with Gasteiger partial charge in [-0.05, 0) is 53.7 Å². The minimum atomic E-state index is -3.74. The second-order valence-electron chi connectivity index (χ2n) is 10.5. The van der Waals surface area contributed by atoms with E-state index < -0.39 is 51.4 Å². The number of para-hydroxylation sites is 1. The Morgan fingerprint density at radius 2 is 1.50 bits per heavy atom. The zero-order valence-electron chi connectivity index (χ0n) is 23.0. The van der Waals surface area contributed by atoms with Crippen molar-refractivity contribution in [3.05, 3.63) is 30.3 Å². The number of benzene rings is 1. The van der Waals surface area contributed by atoms with Crippen molar-refractivity contribution in [3.8, 4) is 5.75 Å². The number of halogens is 1. The van der Waals surface area contributed by atoms with Crippen LogP contribution in [0.1, 0.15) is 48.0 Å². The first kappa shape index (κ1) is 33.6. The summed E-state index contributed by atoms with van der Waals surface area (Å²) < 4.78 is 44.1. The first-order valence-corrected chi connectivity index (χ1v) is 14.4. The third-order valence-corrected chi connectivity index (χ3v) is 5.33. The normalized spacial score (nSPS) is 13.9. The molecule has 1 aromatic carbocycles. The van der Waals surface area contributed by atoms with Crippen LogP contribution in [0.25, 0.3) is 0 Å². The Balaban J connectivity index is 3.30. The van der Waals surface area contributed by atoms with Gasteiger partial charge in [-0.15, -0.1) is 11.6 Å². The Morgan fingerprint density at radius 3 is 2.00 bits per heavy atom. The van der Waals surface area contributed by atoms with Gasteiger partial charge in [-0.25, -0.2) is 9.59 Å². The van der Waals surface area contributed by atoms with Crippen molar-refractivity contribution in [3.63, 3.8) is 0 Å². The van der Waals surface area contributed by atoms with E-state index in [4.69, 9.17) is 30.0 Å². The number of hydrogen-bond donors (Lipinski definition) is 1. The molecule has 1 amide bonds. The van der Waals surface area contributed by atoms with Gasteiger partial charge < -0.3 is 19.5 Å². The summed E-state index contributed by atoms with van der Waals surface area (Å²) in [5.41, 5.74) is -1.76. The van der Waals surface area contributed by atoms with E-state index in [1.54, 1.807) is 71.9 Å². The number of hydrogen-bond acceptors (Lipinski definition) is 10. The molecule has 0 saturated carbocycles. The van der Waals surface area contributed by atoms with E-state index in [1.807, 2.05) is 0 Å². The monoisotopic (exact) mass is 578 g/mol. The Kier molecular flexibility index (Phi) is 13.0. The van der Waals surface area contributed by atoms with E-state index in [0.717, 1.165) is 6.26 Å². The third-order valence-electron chi connectivity index (χ3n) is 4.56. The van der Waals surface area contributed by atoms with E-state index in [9.17, 15) is 22.8 Å². The summed E-state index contributed by atoms with van der Waals surface area (Å²) in [5.74, 6) is -1.17. The predicted octanol–water partition coefficient (Wildman–Crippen LogP) is 3.10. The Bertz CT molecular complexity index is 1020. The van der Waals surface area contributed by atoms with Gasteiger partial charge in [0.2, 0.25) is 0 Å². The number of nitrogens with one attached hydrogen (secondary N) is 1. The lowest BCUT2D eigenvalue weighted by Crippen LogP contribution is -2.53. The highest BCUT2D eigenvalue weighted by atomic mass is 35.5. The first-order chi connectivity index (χ1) is 17.4. The lowest BCUT2D eigenvalue weighted by Gasteiger charge is -2.34. The molecule has 1 aromatic rings. The maximum Gasteiger partial charge on any atom is 0.413 e. The minimum Gasteiger partial charge on any atom is -0.459 e. The van der Waals surface area contributed by atoms with Gasteiger partial charge in [0.25, 0.3) is 10.1 Å². The molecule has 0 radical (unpaired) electrons. The second kappa shape index (κ2) is 14.7. The minimum absolute atomic E-state index is 0.0286. The molecule has 1 unspecified atom stereocenters. The average molecular weight is 579 g/mol. The fourth-order valence-electron chi connectivity index (χ4n) is 3.18. The third kappa shape index (κ3) is 14.5.